The summed E-state index contributed by atoms with van der Waals surface area (Å²) in [5.41, 5.74) is 1.65. The van der Waals surface area contributed by atoms with E-state index in [2.05, 4.69) is 29.4 Å². The fourth-order valence-corrected chi connectivity index (χ4v) is 4.15. The minimum Gasteiger partial charge on any atom is -0.299 e. The molecule has 7 nitrogen and oxygen atoms in total. The first-order valence-electron chi connectivity index (χ1n) is 8.94. The number of fused-ring (bicyclic) bond motifs is 1. The van der Waals surface area contributed by atoms with Crippen molar-refractivity contribution in [1.29, 1.82) is 0 Å². The molecular weight excluding hydrogens is 364 g/mol. The molecular formula is C19H22N4O3S. The Morgan fingerprint density at radius 1 is 1.26 bits per heavy atom. The molecule has 1 aliphatic rings. The monoisotopic (exact) mass is 386 g/mol. The molecule has 1 N–H and O–H groups in total. The number of Topliss-reactive ketones (excluding diaryl/α,β-unsaturated/α-hetero) is 1. The number of hydrogen-bond donors (Lipinski definition) is 1. The third-order valence-corrected chi connectivity index (χ3v) is 5.28. The fraction of sp³-hybridized carbons (Fsp3) is 0.421. The van der Waals surface area contributed by atoms with Crippen LogP contribution in [0, 0.1) is 12.8 Å². The van der Waals surface area contributed by atoms with E-state index in [1.165, 1.54) is 16.2 Å². The quantitative estimate of drug-likeness (QED) is 0.771. The van der Waals surface area contributed by atoms with Gasteiger partial charge in [0.05, 0.1) is 11.3 Å². The number of rotatable bonds is 6. The topological polar surface area (TPSA) is 92.3 Å². The second kappa shape index (κ2) is 7.56. The van der Waals surface area contributed by atoms with Crippen LogP contribution in [-0.2, 0) is 16.0 Å². The molecule has 0 saturated carbocycles. The zero-order valence-electron chi connectivity index (χ0n) is 15.8. The van der Waals surface area contributed by atoms with Crippen LogP contribution < -0.4 is 10.2 Å². The van der Waals surface area contributed by atoms with Crippen LogP contribution in [0.15, 0.2) is 18.2 Å². The summed E-state index contributed by atoms with van der Waals surface area (Å²) in [7, 11) is 0. The van der Waals surface area contributed by atoms with Gasteiger partial charge in [-0.15, -0.1) is 10.2 Å². The number of hydrogen-bond acceptors (Lipinski definition) is 6. The van der Waals surface area contributed by atoms with Crippen LogP contribution in [0.2, 0.25) is 0 Å². The van der Waals surface area contributed by atoms with Crippen molar-refractivity contribution >= 4 is 39.8 Å². The van der Waals surface area contributed by atoms with Crippen LogP contribution >= 0.6 is 11.3 Å². The molecule has 0 aliphatic carbocycles. The fourth-order valence-electron chi connectivity index (χ4n) is 3.20. The predicted octanol–water partition coefficient (Wildman–Crippen LogP) is 2.99. The van der Waals surface area contributed by atoms with Gasteiger partial charge in [0.2, 0.25) is 11.0 Å². The van der Waals surface area contributed by atoms with Crippen molar-refractivity contribution in [3.8, 4) is 0 Å². The maximum Gasteiger partial charge on any atom is 0.300 e. The Kier molecular flexibility index (Phi) is 5.36. The molecule has 0 fully saturated rings. The van der Waals surface area contributed by atoms with Gasteiger partial charge in [-0.25, -0.2) is 0 Å². The normalized spacial score (nSPS) is 14.6. The molecule has 2 aromatic rings. The summed E-state index contributed by atoms with van der Waals surface area (Å²) in [5, 5.41) is 12.1. The molecule has 8 heteroatoms. The lowest BCUT2D eigenvalue weighted by molar-refractivity contribution is -0.121. The first kappa shape index (κ1) is 19.2. The third-order valence-electron chi connectivity index (χ3n) is 4.42. The molecule has 0 saturated heterocycles. The Morgan fingerprint density at radius 3 is 2.67 bits per heavy atom. The van der Waals surface area contributed by atoms with Gasteiger partial charge in [-0.2, -0.15) is 0 Å². The molecule has 2 amide bonds. The van der Waals surface area contributed by atoms with Crippen molar-refractivity contribution in [2.24, 2.45) is 5.92 Å². The molecule has 0 radical (unpaired) electrons. The second-order valence-electron chi connectivity index (χ2n) is 6.99. The molecule has 27 heavy (non-hydrogen) atoms. The van der Waals surface area contributed by atoms with Gasteiger partial charge < -0.3 is 0 Å². The lowest BCUT2D eigenvalue weighted by Gasteiger charge is -2.26. The van der Waals surface area contributed by atoms with Crippen molar-refractivity contribution in [1.82, 2.24) is 10.2 Å². The van der Waals surface area contributed by atoms with Gasteiger partial charge in [0.25, 0.3) is 11.7 Å². The highest BCUT2D eigenvalue weighted by Crippen LogP contribution is 2.34. The van der Waals surface area contributed by atoms with E-state index in [0.717, 1.165) is 17.0 Å². The number of amides is 2. The number of para-hydroxylation sites is 1. The van der Waals surface area contributed by atoms with E-state index in [-0.39, 0.29) is 5.91 Å². The number of nitrogens with zero attached hydrogens (tertiary/aromatic N) is 3. The molecule has 3 rings (SSSR count). The molecule has 0 spiro atoms. The van der Waals surface area contributed by atoms with Crippen LogP contribution in [0.25, 0.3) is 0 Å². The summed E-state index contributed by atoms with van der Waals surface area (Å²) in [6, 6.07) is 4.39. The zero-order valence-corrected chi connectivity index (χ0v) is 16.6. The van der Waals surface area contributed by atoms with E-state index in [1.54, 1.807) is 12.1 Å². The van der Waals surface area contributed by atoms with Crippen LogP contribution in [0.1, 0.15) is 48.1 Å². The standard InChI is InChI=1S/C19H22N4O3S/c1-5-13(17(25)20-19-22-21-14(27-19)9-10(2)3)23-15-11(4)7-6-8-12(15)16(24)18(23)26/h6-8,10,13H,5,9H2,1-4H3,(H,20,22,25). The number of benzene rings is 1. The molecule has 1 aliphatic heterocycles. The molecule has 1 unspecified atom stereocenters. The molecule has 2 heterocycles. The van der Waals surface area contributed by atoms with Crippen molar-refractivity contribution in [2.75, 3.05) is 10.2 Å². The minimum absolute atomic E-state index is 0.349. The summed E-state index contributed by atoms with van der Waals surface area (Å²) in [4.78, 5) is 39.1. The summed E-state index contributed by atoms with van der Waals surface area (Å²) < 4.78 is 0. The molecule has 1 aromatic heterocycles. The van der Waals surface area contributed by atoms with Gasteiger partial charge in [0.1, 0.15) is 11.0 Å². The Balaban J connectivity index is 1.85. The van der Waals surface area contributed by atoms with Crippen LogP contribution in [0.3, 0.4) is 0 Å². The number of carbonyl (C=O) groups excluding carboxylic acids is 3. The van der Waals surface area contributed by atoms with E-state index in [1.807, 2.05) is 19.9 Å². The SMILES string of the molecule is CCC(C(=O)Nc1nnc(CC(C)C)s1)N1C(=O)C(=O)c2cccc(C)c21. The van der Waals surface area contributed by atoms with Crippen LogP contribution in [-0.4, -0.2) is 33.8 Å². The highest BCUT2D eigenvalue weighted by Gasteiger charge is 2.42. The van der Waals surface area contributed by atoms with E-state index in [9.17, 15) is 14.4 Å². The van der Waals surface area contributed by atoms with Crippen molar-refractivity contribution < 1.29 is 14.4 Å². The largest absolute Gasteiger partial charge is 0.300 e. The Morgan fingerprint density at radius 2 is 2.00 bits per heavy atom. The number of nitrogens with one attached hydrogen (secondary N) is 1. The smallest absolute Gasteiger partial charge is 0.299 e. The van der Waals surface area contributed by atoms with E-state index < -0.39 is 17.7 Å². The summed E-state index contributed by atoms with van der Waals surface area (Å²) in [6.45, 7) is 7.80. The highest BCUT2D eigenvalue weighted by atomic mass is 32.1. The van der Waals surface area contributed by atoms with E-state index in [4.69, 9.17) is 0 Å². The predicted molar refractivity (Wildman–Crippen MR) is 104 cm³/mol. The number of ketones is 1. The first-order valence-corrected chi connectivity index (χ1v) is 9.75. The molecule has 1 atom stereocenters. The Hall–Kier alpha value is -2.61. The van der Waals surface area contributed by atoms with E-state index in [0.29, 0.717) is 28.7 Å². The Labute approximate surface area is 161 Å². The van der Waals surface area contributed by atoms with Gasteiger partial charge >= 0.3 is 0 Å². The number of carbonyl (C=O) groups is 3. The number of aromatic nitrogens is 2. The average molecular weight is 386 g/mol. The van der Waals surface area contributed by atoms with Gasteiger partial charge in [-0.3, -0.25) is 24.6 Å². The van der Waals surface area contributed by atoms with Crippen LogP contribution in [0.5, 0.6) is 0 Å². The van der Waals surface area contributed by atoms with Gasteiger partial charge in [0.15, 0.2) is 0 Å². The minimum atomic E-state index is -0.791. The molecule has 0 bridgehead atoms. The third kappa shape index (κ3) is 3.62. The first-order chi connectivity index (χ1) is 12.8. The number of aryl methyl sites for hydroxylation is 1. The van der Waals surface area contributed by atoms with Crippen molar-refractivity contribution in [2.45, 2.75) is 46.6 Å². The second-order valence-corrected chi connectivity index (χ2v) is 8.05. The van der Waals surface area contributed by atoms with Crippen LogP contribution in [0.4, 0.5) is 10.8 Å². The summed E-state index contributed by atoms with van der Waals surface area (Å²) in [5.74, 6) is -1.17. The maximum absolute atomic E-state index is 12.9. The maximum atomic E-state index is 12.9. The Bertz CT molecular complexity index is 906. The zero-order chi connectivity index (χ0) is 19.7. The number of anilines is 2. The average Bonchev–Trinajstić information content (AvgIpc) is 3.14. The van der Waals surface area contributed by atoms with Crippen molar-refractivity contribution in [3.63, 3.8) is 0 Å². The summed E-state index contributed by atoms with van der Waals surface area (Å²) >= 11 is 1.33. The lowest BCUT2D eigenvalue weighted by Crippen LogP contribution is -2.46. The van der Waals surface area contributed by atoms with Gasteiger partial charge in [0, 0.05) is 6.42 Å². The van der Waals surface area contributed by atoms with E-state index >= 15 is 0 Å². The lowest BCUT2D eigenvalue weighted by atomic mass is 10.1. The molecule has 1 aromatic carbocycles. The van der Waals surface area contributed by atoms with Gasteiger partial charge in [-0.1, -0.05) is 44.2 Å². The summed E-state index contributed by atoms with van der Waals surface area (Å²) in [6.07, 6.45) is 1.16. The van der Waals surface area contributed by atoms with Gasteiger partial charge in [-0.05, 0) is 30.9 Å². The molecule has 142 valence electrons. The highest BCUT2D eigenvalue weighted by molar-refractivity contribution is 7.15. The van der Waals surface area contributed by atoms with Crippen molar-refractivity contribution in [3.05, 3.63) is 34.3 Å².